The number of unbranched alkanes of at least 4 members (excludes halogenated alkanes) is 1. The SMILES string of the molecule is CCC/C=C/C(Cc1c(Cl)c(O)cc(O)c1C(=O)OCCC)=N\OCC(=O)N1CCCCC1. The summed E-state index contributed by atoms with van der Waals surface area (Å²) in [7, 11) is 0. The second-order valence-electron chi connectivity index (χ2n) is 7.88. The van der Waals surface area contributed by atoms with E-state index in [1.54, 1.807) is 11.0 Å². The number of phenols is 2. The minimum absolute atomic E-state index is 0.0184. The number of piperidine rings is 1. The van der Waals surface area contributed by atoms with Crippen LogP contribution in [0.5, 0.6) is 11.5 Å². The summed E-state index contributed by atoms with van der Waals surface area (Å²) in [4.78, 5) is 32.0. The number of amides is 1. The molecule has 1 aromatic carbocycles. The van der Waals surface area contributed by atoms with E-state index in [1.807, 2.05) is 19.9 Å². The largest absolute Gasteiger partial charge is 0.507 e. The number of phenolic OH excluding ortho intramolecular Hbond substituents is 2. The Hall–Kier alpha value is -2.74. The number of oxime groups is 1. The molecule has 0 unspecified atom stereocenters. The number of allylic oxidation sites excluding steroid dienone is 2. The molecule has 0 atom stereocenters. The maximum Gasteiger partial charge on any atom is 0.342 e. The van der Waals surface area contributed by atoms with E-state index in [2.05, 4.69) is 5.16 Å². The van der Waals surface area contributed by atoms with Crippen molar-refractivity contribution in [3.8, 4) is 11.5 Å². The molecule has 0 aliphatic carbocycles. The summed E-state index contributed by atoms with van der Waals surface area (Å²) < 4.78 is 5.17. The maximum atomic E-state index is 12.6. The number of nitrogens with zero attached hydrogens (tertiary/aromatic N) is 2. The Kier molecular flexibility index (Phi) is 11.0. The van der Waals surface area contributed by atoms with Crippen molar-refractivity contribution in [1.29, 1.82) is 0 Å². The minimum Gasteiger partial charge on any atom is -0.507 e. The highest BCUT2D eigenvalue weighted by Crippen LogP contribution is 2.37. The van der Waals surface area contributed by atoms with E-state index in [9.17, 15) is 19.8 Å². The van der Waals surface area contributed by atoms with Gasteiger partial charge in [0.25, 0.3) is 5.91 Å². The molecule has 1 aliphatic rings. The fraction of sp³-hybridized carbons (Fsp3) is 0.542. The van der Waals surface area contributed by atoms with Crippen LogP contribution in [-0.4, -0.2) is 59.0 Å². The number of benzene rings is 1. The van der Waals surface area contributed by atoms with Crippen LogP contribution in [0, 0.1) is 0 Å². The predicted octanol–water partition coefficient (Wildman–Crippen LogP) is 4.60. The van der Waals surface area contributed by atoms with E-state index in [0.717, 1.165) is 51.3 Å². The summed E-state index contributed by atoms with van der Waals surface area (Å²) in [5.41, 5.74) is 0.416. The Morgan fingerprint density at radius 1 is 1.15 bits per heavy atom. The van der Waals surface area contributed by atoms with E-state index < -0.39 is 11.7 Å². The molecule has 1 saturated heterocycles. The summed E-state index contributed by atoms with van der Waals surface area (Å²) in [6.07, 6.45) is 8.99. The molecule has 0 spiro atoms. The number of carbonyl (C=O) groups is 2. The van der Waals surface area contributed by atoms with Crippen molar-refractivity contribution in [3.05, 3.63) is 34.4 Å². The lowest BCUT2D eigenvalue weighted by molar-refractivity contribution is -0.137. The lowest BCUT2D eigenvalue weighted by atomic mass is 9.99. The van der Waals surface area contributed by atoms with E-state index in [4.69, 9.17) is 21.2 Å². The molecule has 1 amide bonds. The highest BCUT2D eigenvalue weighted by atomic mass is 35.5. The molecule has 9 heteroatoms. The van der Waals surface area contributed by atoms with Gasteiger partial charge >= 0.3 is 5.97 Å². The first-order chi connectivity index (χ1) is 15.9. The van der Waals surface area contributed by atoms with Gasteiger partial charge in [-0.3, -0.25) is 4.79 Å². The Morgan fingerprint density at radius 2 is 1.88 bits per heavy atom. The predicted molar refractivity (Wildman–Crippen MR) is 127 cm³/mol. The molecular weight excluding hydrogens is 448 g/mol. The van der Waals surface area contributed by atoms with Crippen LogP contribution in [0.4, 0.5) is 0 Å². The van der Waals surface area contributed by atoms with Gasteiger partial charge in [0.15, 0.2) is 6.61 Å². The third kappa shape index (κ3) is 7.96. The van der Waals surface area contributed by atoms with Gasteiger partial charge in [0.1, 0.15) is 17.1 Å². The van der Waals surface area contributed by atoms with E-state index in [1.165, 1.54) is 0 Å². The molecule has 2 N–H and O–H groups in total. The van der Waals surface area contributed by atoms with E-state index in [-0.39, 0.29) is 47.4 Å². The Balaban J connectivity index is 2.26. The maximum absolute atomic E-state index is 12.6. The molecule has 1 aliphatic heterocycles. The first kappa shape index (κ1) is 26.5. The topological polar surface area (TPSA) is 109 Å². The van der Waals surface area contributed by atoms with Crippen molar-refractivity contribution < 1.29 is 29.4 Å². The highest BCUT2D eigenvalue weighted by Gasteiger charge is 2.24. The molecule has 2 rings (SSSR count). The van der Waals surface area contributed by atoms with Crippen LogP contribution in [-0.2, 0) is 20.8 Å². The Morgan fingerprint density at radius 3 is 2.55 bits per heavy atom. The normalized spacial score (nSPS) is 14.5. The van der Waals surface area contributed by atoms with Gasteiger partial charge in [0.05, 0.1) is 17.3 Å². The number of ether oxygens (including phenoxy) is 1. The van der Waals surface area contributed by atoms with Crippen molar-refractivity contribution >= 4 is 29.2 Å². The number of esters is 1. The summed E-state index contributed by atoms with van der Waals surface area (Å²) in [6, 6.07) is 1.01. The molecule has 1 heterocycles. The second-order valence-corrected chi connectivity index (χ2v) is 8.26. The summed E-state index contributed by atoms with van der Waals surface area (Å²) in [5, 5.41) is 24.4. The van der Waals surface area contributed by atoms with Crippen LogP contribution < -0.4 is 0 Å². The first-order valence-electron chi connectivity index (χ1n) is 11.4. The quantitative estimate of drug-likeness (QED) is 0.272. The first-order valence-corrected chi connectivity index (χ1v) is 11.8. The average molecular weight is 481 g/mol. The molecule has 182 valence electrons. The van der Waals surface area contributed by atoms with Crippen LogP contribution in [0.15, 0.2) is 23.4 Å². The second kappa shape index (κ2) is 13.7. The van der Waals surface area contributed by atoms with Crippen molar-refractivity contribution in [2.24, 2.45) is 5.16 Å². The third-order valence-electron chi connectivity index (χ3n) is 5.16. The monoisotopic (exact) mass is 480 g/mol. The van der Waals surface area contributed by atoms with Crippen LogP contribution in [0.1, 0.15) is 68.3 Å². The van der Waals surface area contributed by atoms with Crippen molar-refractivity contribution in [2.45, 2.75) is 58.8 Å². The molecule has 1 fully saturated rings. The zero-order valence-electron chi connectivity index (χ0n) is 19.3. The van der Waals surface area contributed by atoms with Gasteiger partial charge < -0.3 is 24.7 Å². The summed E-state index contributed by atoms with van der Waals surface area (Å²) in [6.45, 7) is 5.29. The van der Waals surface area contributed by atoms with Crippen LogP contribution in [0.25, 0.3) is 0 Å². The number of hydrogen-bond donors (Lipinski definition) is 2. The van der Waals surface area contributed by atoms with Gasteiger partial charge in [-0.1, -0.05) is 43.1 Å². The number of rotatable bonds is 11. The molecular formula is C24H33ClN2O6. The van der Waals surface area contributed by atoms with E-state index >= 15 is 0 Å². The fourth-order valence-corrected chi connectivity index (χ4v) is 3.65. The zero-order valence-corrected chi connectivity index (χ0v) is 20.1. The number of carbonyl (C=O) groups excluding carboxylic acids is 2. The number of aromatic hydroxyl groups is 2. The van der Waals surface area contributed by atoms with Crippen molar-refractivity contribution in [3.63, 3.8) is 0 Å². The standard InChI is InChI=1S/C24H33ClN2O6/c1-3-5-7-10-17(26-33-16-21(30)27-11-8-6-9-12-27)14-18-22(24(31)32-13-4-2)19(28)15-20(29)23(18)25/h7,10,15,28-29H,3-6,8-9,11-14,16H2,1-2H3/b10-7+,26-17+. The van der Waals surface area contributed by atoms with Gasteiger partial charge in [-0.25, -0.2) is 4.79 Å². The van der Waals surface area contributed by atoms with Gasteiger partial charge in [-0.05, 0) is 43.7 Å². The highest BCUT2D eigenvalue weighted by molar-refractivity contribution is 6.33. The number of hydrogen-bond acceptors (Lipinski definition) is 7. The van der Waals surface area contributed by atoms with Crippen molar-refractivity contribution in [1.82, 2.24) is 4.90 Å². The van der Waals surface area contributed by atoms with Gasteiger partial charge in [0.2, 0.25) is 0 Å². The van der Waals surface area contributed by atoms with Gasteiger partial charge in [-0.15, -0.1) is 0 Å². The number of likely N-dealkylation sites (tertiary alicyclic amines) is 1. The van der Waals surface area contributed by atoms with Crippen LogP contribution in [0.2, 0.25) is 5.02 Å². The Labute approximate surface area is 199 Å². The molecule has 0 saturated carbocycles. The van der Waals surface area contributed by atoms with E-state index in [0.29, 0.717) is 12.1 Å². The lowest BCUT2D eigenvalue weighted by Gasteiger charge is -2.26. The molecule has 0 bridgehead atoms. The summed E-state index contributed by atoms with van der Waals surface area (Å²) in [5.74, 6) is -1.68. The third-order valence-corrected chi connectivity index (χ3v) is 5.59. The van der Waals surface area contributed by atoms with Crippen molar-refractivity contribution in [2.75, 3.05) is 26.3 Å². The molecule has 0 radical (unpaired) electrons. The summed E-state index contributed by atoms with van der Waals surface area (Å²) >= 11 is 6.29. The van der Waals surface area contributed by atoms with Crippen LogP contribution >= 0.6 is 11.6 Å². The molecule has 1 aromatic rings. The molecule has 0 aromatic heterocycles. The van der Waals surface area contributed by atoms with Gasteiger partial charge in [-0.2, -0.15) is 0 Å². The zero-order chi connectivity index (χ0) is 24.2. The average Bonchev–Trinajstić information content (AvgIpc) is 2.81. The Bertz CT molecular complexity index is 878. The fourth-order valence-electron chi connectivity index (χ4n) is 3.44. The van der Waals surface area contributed by atoms with Crippen LogP contribution in [0.3, 0.4) is 0 Å². The van der Waals surface area contributed by atoms with Gasteiger partial charge in [0, 0.05) is 25.6 Å². The lowest BCUT2D eigenvalue weighted by Crippen LogP contribution is -2.37. The minimum atomic E-state index is -0.746. The molecule has 8 nitrogen and oxygen atoms in total. The smallest absolute Gasteiger partial charge is 0.342 e. The number of halogens is 1. The molecule has 33 heavy (non-hydrogen) atoms.